The van der Waals surface area contributed by atoms with Gasteiger partial charge in [-0.2, -0.15) is 0 Å². The molecule has 1 aromatic carbocycles. The lowest BCUT2D eigenvalue weighted by atomic mass is 10.3. The van der Waals surface area contributed by atoms with E-state index in [0.717, 1.165) is 16.8 Å². The number of aromatic hydroxyl groups is 1. The third-order valence-electron chi connectivity index (χ3n) is 1.09. The van der Waals surface area contributed by atoms with Gasteiger partial charge >= 0.3 is 6.03 Å². The van der Waals surface area contributed by atoms with Crippen molar-refractivity contribution in [3.05, 3.63) is 24.3 Å². The van der Waals surface area contributed by atoms with Crippen LogP contribution < -0.4 is 10.5 Å². The Kier molecular flexibility index (Phi) is 2.82. The molecule has 0 saturated heterocycles. The zero-order valence-corrected chi connectivity index (χ0v) is 6.97. The van der Waals surface area contributed by atoms with Gasteiger partial charge in [-0.25, -0.2) is 4.79 Å². The number of phenols is 1. The molecule has 0 aliphatic carbocycles. The molecule has 12 heavy (non-hydrogen) atoms. The van der Waals surface area contributed by atoms with Gasteiger partial charge in [0.05, 0.1) is 0 Å². The predicted molar refractivity (Wildman–Crippen MR) is 46.7 cm³/mol. The Balaban J connectivity index is 2.57. The van der Waals surface area contributed by atoms with Crippen LogP contribution in [0.25, 0.3) is 0 Å². The number of primary amides is 1. The van der Waals surface area contributed by atoms with Gasteiger partial charge in [0.15, 0.2) is 0 Å². The van der Waals surface area contributed by atoms with E-state index in [-0.39, 0.29) is 5.75 Å². The van der Waals surface area contributed by atoms with E-state index in [2.05, 4.69) is 4.72 Å². The highest BCUT2D eigenvalue weighted by molar-refractivity contribution is 7.98. The summed E-state index contributed by atoms with van der Waals surface area (Å²) in [6.07, 6.45) is 0. The van der Waals surface area contributed by atoms with E-state index in [0.29, 0.717) is 0 Å². The maximum Gasteiger partial charge on any atom is 0.322 e. The number of carbonyl (C=O) groups excluding carboxylic acids is 1. The van der Waals surface area contributed by atoms with Gasteiger partial charge < -0.3 is 10.8 Å². The van der Waals surface area contributed by atoms with Crippen LogP contribution in [-0.4, -0.2) is 11.1 Å². The monoisotopic (exact) mass is 184 g/mol. The molecule has 4 nitrogen and oxygen atoms in total. The number of hydrogen-bond acceptors (Lipinski definition) is 3. The van der Waals surface area contributed by atoms with Crippen LogP contribution in [0.15, 0.2) is 29.2 Å². The molecule has 0 radical (unpaired) electrons. The van der Waals surface area contributed by atoms with Crippen molar-refractivity contribution in [2.75, 3.05) is 0 Å². The zero-order valence-electron chi connectivity index (χ0n) is 6.15. The highest BCUT2D eigenvalue weighted by atomic mass is 32.2. The summed E-state index contributed by atoms with van der Waals surface area (Å²) in [6.45, 7) is 0. The molecular formula is C7H8N2O2S. The summed E-state index contributed by atoms with van der Waals surface area (Å²) >= 11 is 1.06. The number of benzene rings is 1. The molecule has 2 amide bonds. The minimum atomic E-state index is -0.608. The molecular weight excluding hydrogens is 176 g/mol. The summed E-state index contributed by atoms with van der Waals surface area (Å²) < 4.78 is 2.33. The van der Waals surface area contributed by atoms with E-state index in [1.165, 1.54) is 6.07 Å². The normalized spacial score (nSPS) is 9.33. The van der Waals surface area contributed by atoms with Gasteiger partial charge in [0.1, 0.15) is 5.75 Å². The maximum atomic E-state index is 10.3. The van der Waals surface area contributed by atoms with E-state index >= 15 is 0 Å². The molecule has 0 fully saturated rings. The molecule has 0 saturated carbocycles. The fourth-order valence-electron chi connectivity index (χ4n) is 0.656. The van der Waals surface area contributed by atoms with Crippen LogP contribution in [0.2, 0.25) is 0 Å². The minimum absolute atomic E-state index is 0.159. The molecule has 0 atom stereocenters. The fourth-order valence-corrected chi connectivity index (χ4v) is 1.20. The van der Waals surface area contributed by atoms with Gasteiger partial charge in [-0.3, -0.25) is 4.72 Å². The van der Waals surface area contributed by atoms with Crippen LogP contribution in [0.4, 0.5) is 4.79 Å². The fraction of sp³-hybridized carbons (Fsp3) is 0. The Hall–Kier alpha value is -1.36. The average molecular weight is 184 g/mol. The van der Waals surface area contributed by atoms with Crippen LogP contribution in [0.5, 0.6) is 5.75 Å². The highest BCUT2D eigenvalue weighted by Gasteiger charge is 1.96. The summed E-state index contributed by atoms with van der Waals surface area (Å²) in [6, 6.07) is 5.90. The molecule has 4 N–H and O–H groups in total. The smallest absolute Gasteiger partial charge is 0.322 e. The van der Waals surface area contributed by atoms with E-state index in [9.17, 15) is 4.79 Å². The van der Waals surface area contributed by atoms with Gasteiger partial charge in [-0.05, 0) is 30.1 Å². The van der Waals surface area contributed by atoms with E-state index in [1.807, 2.05) is 0 Å². The first-order valence-corrected chi connectivity index (χ1v) is 4.01. The van der Waals surface area contributed by atoms with Crippen LogP contribution in [0.3, 0.4) is 0 Å². The first-order valence-electron chi connectivity index (χ1n) is 3.20. The number of nitrogens with one attached hydrogen (secondary N) is 1. The molecule has 0 bridgehead atoms. The molecule has 5 heteroatoms. The second-order valence-electron chi connectivity index (χ2n) is 2.07. The van der Waals surface area contributed by atoms with Gasteiger partial charge in [0.25, 0.3) is 0 Å². The molecule has 0 aliphatic rings. The van der Waals surface area contributed by atoms with Crippen molar-refractivity contribution in [2.24, 2.45) is 5.73 Å². The first kappa shape index (κ1) is 8.73. The predicted octanol–water partition coefficient (Wildman–Crippen LogP) is 1.07. The standard InChI is InChI=1S/C7H8N2O2S/c8-7(11)9-12-6-3-1-2-5(10)4-6/h1-4,10H,(H3,8,9,11). The first-order chi connectivity index (χ1) is 5.68. The summed E-state index contributed by atoms with van der Waals surface area (Å²) in [5.74, 6) is 0.159. The second-order valence-corrected chi connectivity index (χ2v) is 2.95. The number of hydrogen-bond donors (Lipinski definition) is 3. The Morgan fingerprint density at radius 3 is 2.92 bits per heavy atom. The largest absolute Gasteiger partial charge is 0.508 e. The summed E-state index contributed by atoms with van der Waals surface area (Å²) in [4.78, 5) is 11.0. The minimum Gasteiger partial charge on any atom is -0.508 e. The van der Waals surface area contributed by atoms with Gasteiger partial charge in [-0.1, -0.05) is 6.07 Å². The van der Waals surface area contributed by atoms with Crippen LogP contribution in [0.1, 0.15) is 0 Å². The SMILES string of the molecule is NC(=O)NSc1cccc(O)c1. The molecule has 0 aliphatic heterocycles. The quantitative estimate of drug-likeness (QED) is 0.602. The molecule has 0 aromatic heterocycles. The van der Waals surface area contributed by atoms with Gasteiger partial charge in [-0.15, -0.1) is 0 Å². The van der Waals surface area contributed by atoms with Crippen molar-refractivity contribution in [3.8, 4) is 5.75 Å². The van der Waals surface area contributed by atoms with Crippen molar-refractivity contribution in [1.82, 2.24) is 4.72 Å². The third-order valence-corrected chi connectivity index (χ3v) is 1.88. The molecule has 0 spiro atoms. The average Bonchev–Trinajstić information content (AvgIpc) is 2.01. The Labute approximate surface area is 73.9 Å². The number of rotatable bonds is 2. The van der Waals surface area contributed by atoms with Gasteiger partial charge in [0, 0.05) is 4.90 Å². The Morgan fingerprint density at radius 2 is 2.33 bits per heavy atom. The number of phenolic OH excluding ortho intramolecular Hbond substituents is 1. The topological polar surface area (TPSA) is 75.4 Å². The van der Waals surface area contributed by atoms with Crippen molar-refractivity contribution >= 4 is 18.0 Å². The second kappa shape index (κ2) is 3.87. The lowest BCUT2D eigenvalue weighted by molar-refractivity contribution is 0.254. The van der Waals surface area contributed by atoms with Crippen LogP contribution in [0, 0.1) is 0 Å². The van der Waals surface area contributed by atoms with Crippen molar-refractivity contribution in [3.63, 3.8) is 0 Å². The third kappa shape index (κ3) is 2.71. The van der Waals surface area contributed by atoms with Gasteiger partial charge in [0.2, 0.25) is 0 Å². The summed E-state index contributed by atoms with van der Waals surface area (Å²) in [5.41, 5.74) is 4.84. The van der Waals surface area contributed by atoms with Crippen LogP contribution in [-0.2, 0) is 0 Å². The maximum absolute atomic E-state index is 10.3. The van der Waals surface area contributed by atoms with E-state index < -0.39 is 6.03 Å². The summed E-state index contributed by atoms with van der Waals surface area (Å²) in [5, 5.41) is 9.02. The lowest BCUT2D eigenvalue weighted by Gasteiger charge is -2.00. The van der Waals surface area contributed by atoms with Crippen LogP contribution >= 0.6 is 11.9 Å². The highest BCUT2D eigenvalue weighted by Crippen LogP contribution is 2.18. The van der Waals surface area contributed by atoms with Crippen molar-refractivity contribution in [1.29, 1.82) is 0 Å². The summed E-state index contributed by atoms with van der Waals surface area (Å²) in [7, 11) is 0. The molecule has 1 aromatic rings. The number of nitrogens with two attached hydrogens (primary N) is 1. The molecule has 0 heterocycles. The van der Waals surface area contributed by atoms with Crippen molar-refractivity contribution in [2.45, 2.75) is 4.90 Å². The zero-order chi connectivity index (χ0) is 8.97. The molecule has 64 valence electrons. The van der Waals surface area contributed by atoms with E-state index in [4.69, 9.17) is 10.8 Å². The molecule has 1 rings (SSSR count). The van der Waals surface area contributed by atoms with Crippen molar-refractivity contribution < 1.29 is 9.90 Å². The Morgan fingerprint density at radius 1 is 1.58 bits per heavy atom. The lowest BCUT2D eigenvalue weighted by Crippen LogP contribution is -2.22. The molecule has 0 unspecified atom stereocenters. The Bertz CT molecular complexity index is 290. The number of amides is 2. The van der Waals surface area contributed by atoms with E-state index in [1.54, 1.807) is 18.2 Å². The number of urea groups is 1. The number of carbonyl (C=O) groups is 1.